The molecule has 2 aliphatic rings. The largest absolute Gasteiger partial charge is 0.534 e. The van der Waals surface area contributed by atoms with Gasteiger partial charge in [-0.05, 0) is 30.9 Å². The predicted molar refractivity (Wildman–Crippen MR) is 97.3 cm³/mol. The lowest BCUT2D eigenvalue weighted by molar-refractivity contribution is -0.137. The van der Waals surface area contributed by atoms with Crippen LogP contribution in [0.15, 0.2) is 34.9 Å². The van der Waals surface area contributed by atoms with Gasteiger partial charge in [0.25, 0.3) is 10.0 Å². The maximum atomic E-state index is 13.2. The van der Waals surface area contributed by atoms with Gasteiger partial charge in [-0.15, -0.1) is 0 Å². The van der Waals surface area contributed by atoms with Crippen molar-refractivity contribution < 1.29 is 43.7 Å². The molecule has 3 rings (SSSR count). The first kappa shape index (κ1) is 22.4. The van der Waals surface area contributed by atoms with Crippen LogP contribution in [0, 0.1) is 5.92 Å². The molecule has 0 spiro atoms. The second kappa shape index (κ2) is 7.76. The minimum Gasteiger partial charge on any atom is -0.464 e. The number of carbonyl (C=O) groups excluding carboxylic acids is 1. The van der Waals surface area contributed by atoms with Gasteiger partial charge in [0.2, 0.25) is 0 Å². The number of sulfonamides is 1. The van der Waals surface area contributed by atoms with Crippen LogP contribution in [0.4, 0.5) is 13.2 Å². The summed E-state index contributed by atoms with van der Waals surface area (Å²) >= 11 is 0. The quantitative estimate of drug-likeness (QED) is 0.371. The molecule has 0 radical (unpaired) electrons. The number of alkyl halides is 3. The van der Waals surface area contributed by atoms with Gasteiger partial charge in [0.15, 0.2) is 11.5 Å². The monoisotopic (exact) mass is 469 g/mol. The average Bonchev–Trinajstić information content (AvgIpc) is 3.17. The van der Waals surface area contributed by atoms with Crippen molar-refractivity contribution in [1.82, 2.24) is 4.31 Å². The molecule has 0 unspecified atom stereocenters. The van der Waals surface area contributed by atoms with E-state index in [1.165, 1.54) is 12.1 Å². The number of methoxy groups -OCH3 is 1. The van der Waals surface area contributed by atoms with Crippen LogP contribution >= 0.6 is 0 Å². The molecule has 0 amide bonds. The highest BCUT2D eigenvalue weighted by molar-refractivity contribution is 7.89. The zero-order valence-corrected chi connectivity index (χ0v) is 17.3. The molecule has 0 N–H and O–H groups in total. The van der Waals surface area contributed by atoms with Gasteiger partial charge in [-0.2, -0.15) is 21.6 Å². The van der Waals surface area contributed by atoms with Crippen molar-refractivity contribution in [3.8, 4) is 0 Å². The maximum Gasteiger partial charge on any atom is 0.534 e. The Morgan fingerprint density at radius 1 is 1.20 bits per heavy atom. The molecule has 0 saturated heterocycles. The summed E-state index contributed by atoms with van der Waals surface area (Å²) in [5.74, 6) is -2.54. The fourth-order valence-corrected chi connectivity index (χ4v) is 5.72. The third-order valence-electron chi connectivity index (χ3n) is 4.92. The smallest absolute Gasteiger partial charge is 0.464 e. The lowest BCUT2D eigenvalue weighted by atomic mass is 10.1. The predicted octanol–water partition coefficient (Wildman–Crippen LogP) is 2.59. The Bertz CT molecular complexity index is 1090. The topological polar surface area (TPSA) is 107 Å². The minimum atomic E-state index is -6.19. The van der Waals surface area contributed by atoms with E-state index in [1.54, 1.807) is 0 Å². The molecule has 166 valence electrons. The third-order valence-corrected chi connectivity index (χ3v) is 7.69. The highest BCUT2D eigenvalue weighted by Crippen LogP contribution is 2.42. The summed E-state index contributed by atoms with van der Waals surface area (Å²) in [4.78, 5) is 12.0. The first-order valence-corrected chi connectivity index (χ1v) is 11.7. The molecule has 1 aromatic carbocycles. The second-order valence-corrected chi connectivity index (χ2v) is 10.2. The molecule has 0 aromatic heterocycles. The second-order valence-electron chi connectivity index (χ2n) is 6.84. The van der Waals surface area contributed by atoms with E-state index in [0.29, 0.717) is 17.1 Å². The minimum absolute atomic E-state index is 0.162. The highest BCUT2D eigenvalue weighted by atomic mass is 32.2. The van der Waals surface area contributed by atoms with Gasteiger partial charge in [0.1, 0.15) is 0 Å². The molecule has 1 saturated carbocycles. The molecule has 13 heteroatoms. The Kier molecular flexibility index (Phi) is 5.80. The summed E-state index contributed by atoms with van der Waals surface area (Å²) in [5, 5.41) is 0. The van der Waals surface area contributed by atoms with Crippen LogP contribution in [0.5, 0.6) is 0 Å². The van der Waals surface area contributed by atoms with Crippen molar-refractivity contribution in [2.24, 2.45) is 5.92 Å². The fraction of sp³-hybridized carbons (Fsp3) is 0.471. The van der Waals surface area contributed by atoms with Gasteiger partial charge in [0, 0.05) is 12.1 Å². The van der Waals surface area contributed by atoms with E-state index in [1.807, 2.05) is 0 Å². The van der Waals surface area contributed by atoms with Crippen molar-refractivity contribution in [2.45, 2.75) is 36.1 Å². The lowest BCUT2D eigenvalue weighted by Crippen LogP contribution is -2.41. The summed E-state index contributed by atoms with van der Waals surface area (Å²) < 4.78 is 98.1. The van der Waals surface area contributed by atoms with E-state index in [4.69, 9.17) is 0 Å². The first-order chi connectivity index (χ1) is 13.9. The van der Waals surface area contributed by atoms with E-state index in [9.17, 15) is 34.8 Å². The average molecular weight is 469 g/mol. The van der Waals surface area contributed by atoms with Gasteiger partial charge in [-0.3, -0.25) is 4.31 Å². The number of esters is 1. The number of fused-ring (bicyclic) bond motifs is 1. The van der Waals surface area contributed by atoms with Crippen molar-refractivity contribution >= 4 is 31.9 Å². The van der Waals surface area contributed by atoms with Gasteiger partial charge < -0.3 is 8.92 Å². The number of hydrogen-bond acceptors (Lipinski definition) is 7. The van der Waals surface area contributed by atoms with Gasteiger partial charge in [0.05, 0.1) is 12.0 Å². The molecule has 8 nitrogen and oxygen atoms in total. The van der Waals surface area contributed by atoms with Crippen LogP contribution < -0.4 is 0 Å². The van der Waals surface area contributed by atoms with E-state index in [-0.39, 0.29) is 12.5 Å². The number of ether oxygens (including phenoxy) is 1. The van der Waals surface area contributed by atoms with E-state index < -0.39 is 53.5 Å². The summed E-state index contributed by atoms with van der Waals surface area (Å²) in [5.41, 5.74) is -7.17. The van der Waals surface area contributed by atoms with Crippen LogP contribution in [-0.4, -0.2) is 46.3 Å². The Balaban J connectivity index is 2.27. The molecular weight excluding hydrogens is 451 g/mol. The van der Waals surface area contributed by atoms with Gasteiger partial charge in [-0.1, -0.05) is 25.0 Å². The van der Waals surface area contributed by atoms with E-state index in [0.717, 1.165) is 32.1 Å². The number of hydrogen-bond donors (Lipinski definition) is 0. The van der Waals surface area contributed by atoms with Crippen LogP contribution in [0.25, 0.3) is 5.76 Å². The molecular formula is C17H18F3NO7S2. The molecule has 1 aliphatic carbocycles. The third kappa shape index (κ3) is 3.87. The zero-order chi connectivity index (χ0) is 22.3. The van der Waals surface area contributed by atoms with Crippen molar-refractivity contribution in [2.75, 3.05) is 13.7 Å². The molecule has 0 atom stereocenters. The summed E-state index contributed by atoms with van der Waals surface area (Å²) in [6, 6.07) is 4.76. The Hall–Kier alpha value is -2.28. The summed E-state index contributed by atoms with van der Waals surface area (Å²) in [6.07, 6.45) is 2.97. The molecule has 30 heavy (non-hydrogen) atoms. The number of carbonyl (C=O) groups is 1. The number of halogens is 3. The van der Waals surface area contributed by atoms with Crippen LogP contribution in [-0.2, 0) is 33.9 Å². The van der Waals surface area contributed by atoms with E-state index >= 15 is 0 Å². The maximum absolute atomic E-state index is 13.2. The van der Waals surface area contributed by atoms with Gasteiger partial charge in [-0.25, -0.2) is 13.2 Å². The number of nitrogens with zero attached hydrogens (tertiary/aromatic N) is 1. The normalized spacial score (nSPS) is 19.5. The van der Waals surface area contributed by atoms with E-state index in [2.05, 4.69) is 8.92 Å². The molecule has 1 aliphatic heterocycles. The Morgan fingerprint density at radius 3 is 2.37 bits per heavy atom. The van der Waals surface area contributed by atoms with Crippen LogP contribution in [0.3, 0.4) is 0 Å². The van der Waals surface area contributed by atoms with Gasteiger partial charge >= 0.3 is 21.6 Å². The molecule has 1 heterocycles. The van der Waals surface area contributed by atoms with Crippen LogP contribution in [0.2, 0.25) is 0 Å². The standard InChI is InChI=1S/C17H18F3NO7S2/c1-27-16(22)14-15(28-30(25,26)17(18,19)20)12-8-4-5-9-13(12)29(23,24)21(14)10-11-6-2-3-7-11/h4-5,8-9,11H,2-3,6-7,10H2,1H3. The summed E-state index contributed by atoms with van der Waals surface area (Å²) in [7, 11) is -9.67. The summed E-state index contributed by atoms with van der Waals surface area (Å²) in [6.45, 7) is -0.222. The molecule has 0 bridgehead atoms. The van der Waals surface area contributed by atoms with Crippen molar-refractivity contribution in [3.63, 3.8) is 0 Å². The highest BCUT2D eigenvalue weighted by Gasteiger charge is 2.51. The number of rotatable bonds is 5. The van der Waals surface area contributed by atoms with Crippen molar-refractivity contribution in [3.05, 3.63) is 35.5 Å². The zero-order valence-electron chi connectivity index (χ0n) is 15.7. The molecule has 1 fully saturated rings. The fourth-order valence-electron chi connectivity index (χ4n) is 3.51. The number of benzene rings is 1. The molecule has 1 aromatic rings. The Morgan fingerprint density at radius 2 is 1.80 bits per heavy atom. The van der Waals surface area contributed by atoms with Crippen LogP contribution in [0.1, 0.15) is 31.2 Å². The SMILES string of the molecule is COC(=O)C1=C(OS(=O)(=O)C(F)(F)F)c2ccccc2S(=O)(=O)N1CC1CCCC1. The van der Waals surface area contributed by atoms with Crippen molar-refractivity contribution in [1.29, 1.82) is 0 Å². The lowest BCUT2D eigenvalue weighted by Gasteiger charge is -2.33. The Labute approximate surface area is 171 Å². The first-order valence-electron chi connectivity index (χ1n) is 8.85.